The van der Waals surface area contributed by atoms with Crippen LogP contribution in [0.25, 0.3) is 0 Å². The molecule has 2 amide bonds. The summed E-state index contributed by atoms with van der Waals surface area (Å²) in [7, 11) is 0. The summed E-state index contributed by atoms with van der Waals surface area (Å²) < 4.78 is 13.9. The largest absolute Gasteiger partial charge is 0.503 e. The number of nitrogens with one attached hydrogen (secondary N) is 1. The van der Waals surface area contributed by atoms with Crippen molar-refractivity contribution in [3.8, 4) is 0 Å². The van der Waals surface area contributed by atoms with Gasteiger partial charge in [0, 0.05) is 19.2 Å². The number of aliphatic hydroxyl groups excluding tert-OH is 2. The fourth-order valence-corrected chi connectivity index (χ4v) is 5.28. The summed E-state index contributed by atoms with van der Waals surface area (Å²) in [5.74, 6) is -1.47. The van der Waals surface area contributed by atoms with Crippen LogP contribution in [0, 0.1) is 11.7 Å². The molecule has 3 N–H and O–H groups in total. The smallest absolute Gasteiger partial charge is 0.294 e. The molecule has 3 unspecified atom stereocenters. The first kappa shape index (κ1) is 23.4. The fraction of sp³-hybridized carbons (Fsp3) is 0.520. The first-order valence-electron chi connectivity index (χ1n) is 11.8. The van der Waals surface area contributed by atoms with E-state index in [0.29, 0.717) is 50.3 Å². The molecule has 1 saturated carbocycles. The highest BCUT2D eigenvalue weighted by Gasteiger charge is 2.54. The van der Waals surface area contributed by atoms with Gasteiger partial charge in [-0.25, -0.2) is 4.39 Å². The maximum atomic E-state index is 13.9. The van der Waals surface area contributed by atoms with Crippen LogP contribution in [-0.4, -0.2) is 50.3 Å². The van der Waals surface area contributed by atoms with E-state index < -0.39 is 23.6 Å². The van der Waals surface area contributed by atoms with Gasteiger partial charge in [-0.05, 0) is 55.2 Å². The monoisotopic (exact) mass is 457 g/mol. The first-order chi connectivity index (χ1) is 15.8. The highest BCUT2D eigenvalue weighted by molar-refractivity contribution is 6.05. The normalized spacial score (nSPS) is 31.7. The third-order valence-corrected chi connectivity index (χ3v) is 7.15. The van der Waals surface area contributed by atoms with Crippen molar-refractivity contribution in [1.82, 2.24) is 15.1 Å². The number of halogens is 1. The van der Waals surface area contributed by atoms with Crippen molar-refractivity contribution in [2.75, 3.05) is 6.54 Å². The lowest BCUT2D eigenvalue weighted by Crippen LogP contribution is -2.52. The minimum Gasteiger partial charge on any atom is -0.503 e. The van der Waals surface area contributed by atoms with Crippen LogP contribution < -0.4 is 5.32 Å². The van der Waals surface area contributed by atoms with Crippen LogP contribution in [0.2, 0.25) is 0 Å². The Hall–Kier alpha value is -2.71. The van der Waals surface area contributed by atoms with Crippen molar-refractivity contribution in [3.05, 3.63) is 58.8 Å². The van der Waals surface area contributed by atoms with Crippen molar-refractivity contribution in [3.63, 3.8) is 0 Å². The van der Waals surface area contributed by atoms with Gasteiger partial charge in [0.1, 0.15) is 23.4 Å². The molecule has 8 heteroatoms. The SMILES string of the molecule is CCc1cc(CN2CC/C=C3\C(=O)NC4(CCC(CC)C4)N3C(=O)/C(O)=C/C2O)ccc1F. The number of aryl methyl sites for hydroxylation is 1. The van der Waals surface area contributed by atoms with Gasteiger partial charge in [0.15, 0.2) is 5.76 Å². The van der Waals surface area contributed by atoms with E-state index in [1.165, 1.54) is 11.0 Å². The summed E-state index contributed by atoms with van der Waals surface area (Å²) >= 11 is 0. The number of amides is 2. The molecule has 4 rings (SSSR count). The molecule has 1 saturated heterocycles. The zero-order valence-corrected chi connectivity index (χ0v) is 19.2. The van der Waals surface area contributed by atoms with Crippen molar-refractivity contribution in [1.29, 1.82) is 0 Å². The molecule has 0 radical (unpaired) electrons. The first-order valence-corrected chi connectivity index (χ1v) is 11.8. The Morgan fingerprint density at radius 2 is 2.06 bits per heavy atom. The average molecular weight is 458 g/mol. The van der Waals surface area contributed by atoms with Gasteiger partial charge in [0.2, 0.25) is 0 Å². The van der Waals surface area contributed by atoms with Gasteiger partial charge in [0.05, 0.1) is 0 Å². The quantitative estimate of drug-likeness (QED) is 0.646. The molecule has 3 aliphatic rings. The van der Waals surface area contributed by atoms with E-state index in [1.54, 1.807) is 23.1 Å². The number of carbonyl (C=O) groups excluding carboxylic acids is 2. The Morgan fingerprint density at radius 3 is 2.76 bits per heavy atom. The molecule has 7 nitrogen and oxygen atoms in total. The predicted octanol–water partition coefficient (Wildman–Crippen LogP) is 3.10. The zero-order chi connectivity index (χ0) is 23.8. The van der Waals surface area contributed by atoms with Gasteiger partial charge in [-0.15, -0.1) is 0 Å². The topological polar surface area (TPSA) is 93.1 Å². The number of nitrogens with zero attached hydrogens (tertiary/aromatic N) is 2. The Bertz CT molecular complexity index is 1010. The Labute approximate surface area is 193 Å². The lowest BCUT2D eigenvalue weighted by Gasteiger charge is -2.35. The molecular weight excluding hydrogens is 425 g/mol. The van der Waals surface area contributed by atoms with Crippen LogP contribution in [0.5, 0.6) is 0 Å². The van der Waals surface area contributed by atoms with Crippen LogP contribution in [0.4, 0.5) is 4.39 Å². The van der Waals surface area contributed by atoms with Crippen LogP contribution >= 0.6 is 0 Å². The molecule has 1 aromatic carbocycles. The second-order valence-corrected chi connectivity index (χ2v) is 9.24. The highest BCUT2D eigenvalue weighted by Crippen LogP contribution is 2.44. The molecule has 0 bridgehead atoms. The number of benzene rings is 1. The molecule has 3 atom stereocenters. The number of hydrogen-bond acceptors (Lipinski definition) is 5. The average Bonchev–Trinajstić information content (AvgIpc) is 3.32. The molecule has 0 aromatic heterocycles. The fourth-order valence-electron chi connectivity index (χ4n) is 5.28. The van der Waals surface area contributed by atoms with Gasteiger partial charge in [-0.2, -0.15) is 0 Å². The number of fused-ring (bicyclic) bond motifs is 2. The van der Waals surface area contributed by atoms with E-state index in [4.69, 9.17) is 0 Å². The van der Waals surface area contributed by atoms with Crippen molar-refractivity contribution in [2.45, 2.75) is 70.8 Å². The summed E-state index contributed by atoms with van der Waals surface area (Å²) in [6, 6.07) is 4.83. The molecular formula is C25H32FN3O4. The second-order valence-electron chi connectivity index (χ2n) is 9.24. The van der Waals surface area contributed by atoms with Gasteiger partial charge in [-0.3, -0.25) is 19.4 Å². The maximum Gasteiger partial charge on any atom is 0.294 e. The van der Waals surface area contributed by atoms with E-state index in [1.807, 2.05) is 6.92 Å². The van der Waals surface area contributed by atoms with Crippen molar-refractivity contribution in [2.24, 2.45) is 5.92 Å². The third-order valence-electron chi connectivity index (χ3n) is 7.15. The molecule has 2 heterocycles. The molecule has 2 aliphatic heterocycles. The molecule has 1 aromatic rings. The van der Waals surface area contributed by atoms with Crippen LogP contribution in [0.1, 0.15) is 57.1 Å². The third kappa shape index (κ3) is 4.42. The number of carbonyl (C=O) groups is 2. The van der Waals surface area contributed by atoms with E-state index in [9.17, 15) is 24.2 Å². The van der Waals surface area contributed by atoms with Gasteiger partial charge >= 0.3 is 0 Å². The standard InChI is InChI=1S/C25H32FN3O4/c1-3-16-9-10-25(14-16)27-23(32)20-6-5-11-28(22(31)13-21(30)24(33)29(20)25)15-17-7-8-19(26)18(4-2)12-17/h6-8,12-13,16,22,30-31H,3-5,9-11,14-15H2,1-2H3,(H,27,32)/b20-6+,21-13-. The molecule has 178 valence electrons. The number of rotatable bonds is 4. The summed E-state index contributed by atoms with van der Waals surface area (Å²) in [5, 5.41) is 24.4. The summed E-state index contributed by atoms with van der Waals surface area (Å²) in [6.45, 7) is 4.65. The van der Waals surface area contributed by atoms with Gasteiger partial charge in [-0.1, -0.05) is 38.5 Å². The van der Waals surface area contributed by atoms with Crippen LogP contribution in [-0.2, 0) is 22.6 Å². The van der Waals surface area contributed by atoms with E-state index in [2.05, 4.69) is 12.2 Å². The predicted molar refractivity (Wildman–Crippen MR) is 121 cm³/mol. The van der Waals surface area contributed by atoms with Gasteiger partial charge in [0.25, 0.3) is 11.8 Å². The highest BCUT2D eigenvalue weighted by atomic mass is 19.1. The van der Waals surface area contributed by atoms with E-state index in [-0.39, 0.29) is 17.4 Å². The summed E-state index contributed by atoms with van der Waals surface area (Å²) in [4.78, 5) is 29.2. The number of hydrogen-bond donors (Lipinski definition) is 3. The molecule has 1 spiro atoms. The second kappa shape index (κ2) is 9.27. The Kier molecular flexibility index (Phi) is 6.59. The van der Waals surface area contributed by atoms with Gasteiger partial charge < -0.3 is 15.5 Å². The lowest BCUT2D eigenvalue weighted by atomic mass is 10.0. The molecule has 33 heavy (non-hydrogen) atoms. The Morgan fingerprint density at radius 1 is 1.27 bits per heavy atom. The summed E-state index contributed by atoms with van der Waals surface area (Å²) in [6.07, 6.45) is 5.72. The van der Waals surface area contributed by atoms with Crippen molar-refractivity contribution >= 4 is 11.8 Å². The lowest BCUT2D eigenvalue weighted by molar-refractivity contribution is -0.132. The molecule has 2 fully saturated rings. The van der Waals surface area contributed by atoms with Crippen molar-refractivity contribution < 1.29 is 24.2 Å². The summed E-state index contributed by atoms with van der Waals surface area (Å²) in [5.41, 5.74) is 0.830. The van der Waals surface area contributed by atoms with Crippen LogP contribution in [0.3, 0.4) is 0 Å². The maximum absolute atomic E-state index is 13.9. The zero-order valence-electron chi connectivity index (χ0n) is 19.2. The number of aliphatic hydroxyl groups is 2. The Balaban J connectivity index is 1.62. The molecule has 1 aliphatic carbocycles. The van der Waals surface area contributed by atoms with Crippen LogP contribution in [0.15, 0.2) is 41.8 Å². The van der Waals surface area contributed by atoms with E-state index in [0.717, 1.165) is 24.5 Å². The minimum atomic E-state index is -1.21. The van der Waals surface area contributed by atoms with E-state index >= 15 is 0 Å². The minimum absolute atomic E-state index is 0.253.